The quantitative estimate of drug-likeness (QED) is 0.829. The third-order valence-electron chi connectivity index (χ3n) is 2.84. The minimum absolute atomic E-state index is 0.456. The molecule has 1 aromatic carbocycles. The summed E-state index contributed by atoms with van der Waals surface area (Å²) in [5, 5.41) is 3.13. The van der Waals surface area contributed by atoms with Gasteiger partial charge in [-0.05, 0) is 53.7 Å². The van der Waals surface area contributed by atoms with Crippen LogP contribution in [0.3, 0.4) is 0 Å². The normalized spacial score (nSPS) is 10.4. The molecule has 0 saturated carbocycles. The topological polar surface area (TPSA) is 43.4 Å². The summed E-state index contributed by atoms with van der Waals surface area (Å²) in [6.45, 7) is 3.83. The molecule has 4 nitrogen and oxygen atoms in total. The Balaban J connectivity index is 2.11. The lowest BCUT2D eigenvalue weighted by Gasteiger charge is -2.13. The zero-order chi connectivity index (χ0) is 15.1. The Morgan fingerprint density at radius 3 is 2.67 bits per heavy atom. The van der Waals surface area contributed by atoms with Crippen LogP contribution in [0.4, 0.5) is 0 Å². The molecule has 1 aromatic heterocycles. The van der Waals surface area contributed by atoms with Crippen LogP contribution in [-0.4, -0.2) is 18.6 Å². The van der Waals surface area contributed by atoms with Crippen molar-refractivity contribution >= 4 is 15.9 Å². The molecule has 0 unspecified atom stereocenters. The Morgan fingerprint density at radius 2 is 1.95 bits per heavy atom. The van der Waals surface area contributed by atoms with Crippen molar-refractivity contribution in [2.75, 3.05) is 13.7 Å². The predicted molar refractivity (Wildman–Crippen MR) is 86.6 cm³/mol. The predicted octanol–water partition coefficient (Wildman–Crippen LogP) is 3.54. The van der Waals surface area contributed by atoms with Crippen molar-refractivity contribution in [1.29, 1.82) is 0 Å². The highest BCUT2D eigenvalue weighted by atomic mass is 79.9. The number of ether oxygens (including phenoxy) is 2. The summed E-state index contributed by atoms with van der Waals surface area (Å²) in [5.41, 5.74) is 2.17. The fraction of sp³-hybridized carbons (Fsp3) is 0.312. The van der Waals surface area contributed by atoms with Gasteiger partial charge in [-0.15, -0.1) is 0 Å². The van der Waals surface area contributed by atoms with E-state index in [0.29, 0.717) is 13.2 Å². The highest BCUT2D eigenvalue weighted by Crippen LogP contribution is 2.29. The maximum atomic E-state index is 5.86. The fourth-order valence-electron chi connectivity index (χ4n) is 1.95. The number of rotatable bonds is 7. The Kier molecular flexibility index (Phi) is 6.02. The van der Waals surface area contributed by atoms with Gasteiger partial charge in [-0.25, -0.2) is 0 Å². The van der Waals surface area contributed by atoms with Crippen molar-refractivity contribution in [3.05, 3.63) is 52.3 Å². The third-order valence-corrected chi connectivity index (χ3v) is 3.28. The van der Waals surface area contributed by atoms with E-state index in [1.54, 1.807) is 12.4 Å². The van der Waals surface area contributed by atoms with Gasteiger partial charge in [0.05, 0.1) is 6.61 Å². The lowest BCUT2D eigenvalue weighted by Crippen LogP contribution is -2.06. The van der Waals surface area contributed by atoms with E-state index in [9.17, 15) is 0 Å². The summed E-state index contributed by atoms with van der Waals surface area (Å²) in [5.74, 6) is 1.52. The summed E-state index contributed by atoms with van der Waals surface area (Å²) < 4.78 is 12.5. The number of nitrogens with one attached hydrogen (secondary N) is 1. The second-order valence-electron chi connectivity index (χ2n) is 4.54. The molecule has 0 radical (unpaired) electrons. The van der Waals surface area contributed by atoms with Gasteiger partial charge in [0.2, 0.25) is 0 Å². The van der Waals surface area contributed by atoms with Crippen LogP contribution < -0.4 is 14.8 Å². The second-order valence-corrected chi connectivity index (χ2v) is 5.46. The number of aromatic nitrogens is 1. The van der Waals surface area contributed by atoms with Crippen molar-refractivity contribution in [3.8, 4) is 11.5 Å². The van der Waals surface area contributed by atoms with E-state index >= 15 is 0 Å². The van der Waals surface area contributed by atoms with Crippen LogP contribution in [0.5, 0.6) is 11.5 Å². The minimum Gasteiger partial charge on any atom is -0.490 e. The van der Waals surface area contributed by atoms with E-state index in [1.807, 2.05) is 38.2 Å². The molecule has 0 atom stereocenters. The van der Waals surface area contributed by atoms with Crippen molar-refractivity contribution in [2.45, 2.75) is 20.1 Å². The number of halogens is 1. The van der Waals surface area contributed by atoms with E-state index in [4.69, 9.17) is 9.47 Å². The van der Waals surface area contributed by atoms with Crippen molar-refractivity contribution < 1.29 is 9.47 Å². The average molecular weight is 351 g/mol. The van der Waals surface area contributed by atoms with Gasteiger partial charge in [0.1, 0.15) is 6.61 Å². The number of hydrogen-bond acceptors (Lipinski definition) is 4. The molecule has 0 aliphatic carbocycles. The molecule has 112 valence electrons. The lowest BCUT2D eigenvalue weighted by molar-refractivity contribution is 0.268. The van der Waals surface area contributed by atoms with Gasteiger partial charge in [0.15, 0.2) is 11.5 Å². The van der Waals surface area contributed by atoms with Gasteiger partial charge < -0.3 is 14.8 Å². The molecule has 5 heteroatoms. The molecule has 0 amide bonds. The van der Waals surface area contributed by atoms with Gasteiger partial charge in [-0.3, -0.25) is 4.98 Å². The van der Waals surface area contributed by atoms with E-state index in [2.05, 4.69) is 26.2 Å². The van der Waals surface area contributed by atoms with E-state index in [1.165, 1.54) is 0 Å². The number of nitrogens with zero attached hydrogens (tertiary/aromatic N) is 1. The summed E-state index contributed by atoms with van der Waals surface area (Å²) in [4.78, 5) is 4.13. The van der Waals surface area contributed by atoms with Gasteiger partial charge in [0, 0.05) is 29.0 Å². The molecule has 0 bridgehead atoms. The lowest BCUT2D eigenvalue weighted by atomic mass is 10.2. The van der Waals surface area contributed by atoms with Crippen LogP contribution in [0.25, 0.3) is 0 Å². The fourth-order valence-corrected chi connectivity index (χ4v) is 2.36. The Labute approximate surface area is 133 Å². The molecule has 1 N–H and O–H groups in total. The molecule has 0 fully saturated rings. The van der Waals surface area contributed by atoms with E-state index in [0.717, 1.165) is 33.6 Å². The van der Waals surface area contributed by atoms with Gasteiger partial charge in [-0.2, -0.15) is 0 Å². The van der Waals surface area contributed by atoms with Crippen LogP contribution >= 0.6 is 15.9 Å². The summed E-state index contributed by atoms with van der Waals surface area (Å²) >= 11 is 3.40. The zero-order valence-corrected chi connectivity index (χ0v) is 13.8. The molecule has 1 heterocycles. The minimum atomic E-state index is 0.456. The monoisotopic (exact) mass is 350 g/mol. The van der Waals surface area contributed by atoms with Gasteiger partial charge in [-0.1, -0.05) is 6.07 Å². The first-order chi connectivity index (χ1) is 10.2. The molecule has 0 aliphatic heterocycles. The third kappa shape index (κ3) is 4.72. The van der Waals surface area contributed by atoms with Gasteiger partial charge in [0.25, 0.3) is 0 Å². The van der Waals surface area contributed by atoms with Crippen molar-refractivity contribution in [3.63, 3.8) is 0 Å². The van der Waals surface area contributed by atoms with Crippen LogP contribution in [0.2, 0.25) is 0 Å². The van der Waals surface area contributed by atoms with Crippen LogP contribution in [0.1, 0.15) is 18.1 Å². The molecule has 2 aromatic rings. The standard InChI is InChI=1S/C16H19BrN2O2/c1-3-20-16-7-12(8-18-2)4-5-15(16)21-11-13-6-14(17)10-19-9-13/h4-7,9-10,18H,3,8,11H2,1-2H3. The summed E-state index contributed by atoms with van der Waals surface area (Å²) in [7, 11) is 1.92. The first-order valence-corrected chi connectivity index (χ1v) is 7.64. The average Bonchev–Trinajstić information content (AvgIpc) is 2.47. The molecular weight excluding hydrogens is 332 g/mol. The van der Waals surface area contributed by atoms with E-state index in [-0.39, 0.29) is 0 Å². The first-order valence-electron chi connectivity index (χ1n) is 6.85. The molecule has 0 saturated heterocycles. The second kappa shape index (κ2) is 8.00. The highest BCUT2D eigenvalue weighted by molar-refractivity contribution is 9.10. The first kappa shape index (κ1) is 15.8. The van der Waals surface area contributed by atoms with Crippen molar-refractivity contribution in [2.24, 2.45) is 0 Å². The van der Waals surface area contributed by atoms with Crippen molar-refractivity contribution in [1.82, 2.24) is 10.3 Å². The smallest absolute Gasteiger partial charge is 0.161 e. The number of pyridine rings is 1. The number of benzene rings is 1. The van der Waals surface area contributed by atoms with Gasteiger partial charge >= 0.3 is 0 Å². The van der Waals surface area contributed by atoms with E-state index < -0.39 is 0 Å². The van der Waals surface area contributed by atoms with Crippen LogP contribution in [0.15, 0.2) is 41.1 Å². The zero-order valence-electron chi connectivity index (χ0n) is 12.2. The summed E-state index contributed by atoms with van der Waals surface area (Å²) in [6, 6.07) is 7.98. The summed E-state index contributed by atoms with van der Waals surface area (Å²) in [6.07, 6.45) is 3.54. The maximum Gasteiger partial charge on any atom is 0.161 e. The molecule has 0 spiro atoms. The van der Waals surface area contributed by atoms with Crippen LogP contribution in [0, 0.1) is 0 Å². The molecule has 0 aliphatic rings. The molecular formula is C16H19BrN2O2. The highest BCUT2D eigenvalue weighted by Gasteiger charge is 2.07. The Bertz CT molecular complexity index is 590. The number of hydrogen-bond donors (Lipinski definition) is 1. The Hall–Kier alpha value is -1.59. The van der Waals surface area contributed by atoms with Crippen LogP contribution in [-0.2, 0) is 13.2 Å². The SMILES string of the molecule is CCOc1cc(CNC)ccc1OCc1cncc(Br)c1. The molecule has 2 rings (SSSR count). The Morgan fingerprint density at radius 1 is 1.10 bits per heavy atom. The largest absolute Gasteiger partial charge is 0.490 e. The molecule has 21 heavy (non-hydrogen) atoms. The maximum absolute atomic E-state index is 5.86.